The highest BCUT2D eigenvalue weighted by Crippen LogP contribution is 2.06. The summed E-state index contributed by atoms with van der Waals surface area (Å²) in [5.41, 5.74) is -0.474. The summed E-state index contributed by atoms with van der Waals surface area (Å²) in [6.45, 7) is 16.2. The molecule has 1 fully saturated rings. The number of ether oxygens (including phenoxy) is 1. The number of nitrogens with one attached hydrogen (secondary N) is 3. The average Bonchev–Trinajstić information content (AvgIpc) is 2.58. The van der Waals surface area contributed by atoms with Crippen molar-refractivity contribution in [1.29, 1.82) is 0 Å². The van der Waals surface area contributed by atoms with Crippen molar-refractivity contribution in [2.75, 3.05) is 66.0 Å². The molecule has 0 radical (unpaired) electrons. The standard InChI is InChI=1S/C19H40N6O2.HI/c1-6-20-17(22-10-11-23-18(26)27-19(2,3)4)21-9-7-8-12-25-15-13-24(5)14-16-25;/h6-16H2,1-5H3,(H,23,26)(H2,20,21,22);1H. The van der Waals surface area contributed by atoms with E-state index in [-0.39, 0.29) is 24.0 Å². The Kier molecular flexibility index (Phi) is 14.6. The first kappa shape index (κ1) is 27.2. The molecule has 3 N–H and O–H groups in total. The van der Waals surface area contributed by atoms with Gasteiger partial charge in [-0.1, -0.05) is 0 Å². The van der Waals surface area contributed by atoms with Gasteiger partial charge in [-0.25, -0.2) is 4.79 Å². The Morgan fingerprint density at radius 1 is 1.04 bits per heavy atom. The van der Waals surface area contributed by atoms with E-state index in [1.165, 1.54) is 32.6 Å². The van der Waals surface area contributed by atoms with Crippen LogP contribution in [0.25, 0.3) is 0 Å². The fourth-order valence-electron chi connectivity index (χ4n) is 2.71. The number of rotatable bonds is 9. The SMILES string of the molecule is CCNC(=NCCCCN1CCN(C)CC1)NCCNC(=O)OC(C)(C)C.I. The van der Waals surface area contributed by atoms with E-state index in [1.54, 1.807) is 0 Å². The summed E-state index contributed by atoms with van der Waals surface area (Å²) in [6, 6.07) is 0. The second-order valence-electron chi connectivity index (χ2n) is 7.97. The van der Waals surface area contributed by atoms with Gasteiger partial charge in [0.25, 0.3) is 0 Å². The molecule has 166 valence electrons. The van der Waals surface area contributed by atoms with Gasteiger partial charge in [-0.05, 0) is 54.1 Å². The normalized spacial score (nSPS) is 16.2. The van der Waals surface area contributed by atoms with Crippen molar-refractivity contribution in [1.82, 2.24) is 25.8 Å². The smallest absolute Gasteiger partial charge is 0.407 e. The van der Waals surface area contributed by atoms with Crippen LogP contribution in [0.1, 0.15) is 40.5 Å². The lowest BCUT2D eigenvalue weighted by Crippen LogP contribution is -2.44. The molecule has 28 heavy (non-hydrogen) atoms. The first-order valence-electron chi connectivity index (χ1n) is 10.2. The zero-order chi connectivity index (χ0) is 20.1. The van der Waals surface area contributed by atoms with Crippen molar-refractivity contribution in [3.05, 3.63) is 0 Å². The van der Waals surface area contributed by atoms with E-state index in [1.807, 2.05) is 27.7 Å². The molecule has 0 atom stereocenters. The van der Waals surface area contributed by atoms with Crippen LogP contribution in [0.4, 0.5) is 4.79 Å². The van der Waals surface area contributed by atoms with Gasteiger partial charge in [0, 0.05) is 52.4 Å². The molecule has 0 aromatic rings. The molecule has 1 aliphatic rings. The molecule has 0 bridgehead atoms. The molecular formula is C19H41IN6O2. The number of nitrogens with zero attached hydrogens (tertiary/aromatic N) is 3. The summed E-state index contributed by atoms with van der Waals surface area (Å²) in [7, 11) is 2.18. The van der Waals surface area contributed by atoms with E-state index in [9.17, 15) is 4.79 Å². The number of hydrogen-bond donors (Lipinski definition) is 3. The number of halogens is 1. The maximum Gasteiger partial charge on any atom is 0.407 e. The molecule has 1 heterocycles. The van der Waals surface area contributed by atoms with Gasteiger partial charge >= 0.3 is 6.09 Å². The van der Waals surface area contributed by atoms with Gasteiger partial charge in [0.2, 0.25) is 0 Å². The number of carbonyl (C=O) groups excluding carboxylic acids is 1. The fourth-order valence-corrected chi connectivity index (χ4v) is 2.71. The zero-order valence-electron chi connectivity index (χ0n) is 18.3. The minimum Gasteiger partial charge on any atom is -0.444 e. The van der Waals surface area contributed by atoms with Gasteiger partial charge in [0.1, 0.15) is 5.60 Å². The van der Waals surface area contributed by atoms with Crippen molar-refractivity contribution >= 4 is 36.0 Å². The Hall–Kier alpha value is -0.810. The molecule has 9 heteroatoms. The summed E-state index contributed by atoms with van der Waals surface area (Å²) < 4.78 is 5.21. The molecular weight excluding hydrogens is 471 g/mol. The number of amides is 1. The average molecular weight is 512 g/mol. The summed E-state index contributed by atoms with van der Waals surface area (Å²) in [5.74, 6) is 0.795. The third-order valence-electron chi connectivity index (χ3n) is 4.18. The summed E-state index contributed by atoms with van der Waals surface area (Å²) in [4.78, 5) is 21.1. The number of hydrogen-bond acceptors (Lipinski definition) is 5. The molecule has 0 spiro atoms. The topological polar surface area (TPSA) is 81.2 Å². The maximum atomic E-state index is 11.6. The predicted octanol–water partition coefficient (Wildman–Crippen LogP) is 1.71. The molecule has 0 saturated carbocycles. The summed E-state index contributed by atoms with van der Waals surface area (Å²) >= 11 is 0. The lowest BCUT2D eigenvalue weighted by molar-refractivity contribution is 0.0529. The second-order valence-corrected chi connectivity index (χ2v) is 7.97. The number of alkyl carbamates (subject to hydrolysis) is 1. The number of guanidine groups is 1. The first-order valence-corrected chi connectivity index (χ1v) is 10.2. The van der Waals surface area contributed by atoms with Gasteiger partial charge < -0.3 is 30.5 Å². The number of unbranched alkanes of at least 4 members (excludes halogenated alkanes) is 1. The highest BCUT2D eigenvalue weighted by atomic mass is 127. The van der Waals surface area contributed by atoms with Crippen LogP contribution < -0.4 is 16.0 Å². The van der Waals surface area contributed by atoms with Gasteiger partial charge in [-0.15, -0.1) is 24.0 Å². The Bertz CT molecular complexity index is 448. The number of aliphatic imine (C=N–C) groups is 1. The lowest BCUT2D eigenvalue weighted by atomic mass is 10.2. The Morgan fingerprint density at radius 2 is 1.68 bits per heavy atom. The maximum absolute atomic E-state index is 11.6. The van der Waals surface area contributed by atoms with Crippen LogP contribution in [0.3, 0.4) is 0 Å². The van der Waals surface area contributed by atoms with E-state index >= 15 is 0 Å². The van der Waals surface area contributed by atoms with Crippen LogP contribution in [-0.2, 0) is 4.74 Å². The Labute approximate surface area is 188 Å². The van der Waals surface area contributed by atoms with Crippen molar-refractivity contribution in [2.45, 2.75) is 46.1 Å². The largest absolute Gasteiger partial charge is 0.444 e. The van der Waals surface area contributed by atoms with E-state index in [4.69, 9.17) is 4.74 Å². The molecule has 1 rings (SSSR count). The third-order valence-corrected chi connectivity index (χ3v) is 4.18. The fraction of sp³-hybridized carbons (Fsp3) is 0.895. The molecule has 1 saturated heterocycles. The Balaban J connectivity index is 0.00000729. The summed E-state index contributed by atoms with van der Waals surface area (Å²) in [6.07, 6.45) is 1.86. The highest BCUT2D eigenvalue weighted by Gasteiger charge is 2.15. The molecule has 8 nitrogen and oxygen atoms in total. The Morgan fingerprint density at radius 3 is 2.29 bits per heavy atom. The molecule has 1 amide bonds. The van der Waals surface area contributed by atoms with Crippen molar-refractivity contribution in [2.24, 2.45) is 4.99 Å². The van der Waals surface area contributed by atoms with Crippen LogP contribution in [0, 0.1) is 0 Å². The second kappa shape index (κ2) is 15.1. The minimum absolute atomic E-state index is 0. The van der Waals surface area contributed by atoms with Gasteiger partial charge in [0.15, 0.2) is 5.96 Å². The molecule has 0 unspecified atom stereocenters. The van der Waals surface area contributed by atoms with Crippen LogP contribution in [-0.4, -0.2) is 93.4 Å². The summed E-state index contributed by atoms with van der Waals surface area (Å²) in [5, 5.41) is 9.21. The van der Waals surface area contributed by atoms with Crippen molar-refractivity contribution in [3.63, 3.8) is 0 Å². The van der Waals surface area contributed by atoms with Crippen LogP contribution in [0.5, 0.6) is 0 Å². The number of carbonyl (C=O) groups is 1. The molecule has 0 aromatic heterocycles. The molecule has 0 aliphatic carbocycles. The van der Waals surface area contributed by atoms with Gasteiger partial charge in [-0.2, -0.15) is 0 Å². The highest BCUT2D eigenvalue weighted by molar-refractivity contribution is 14.0. The zero-order valence-corrected chi connectivity index (χ0v) is 20.7. The monoisotopic (exact) mass is 512 g/mol. The van der Waals surface area contributed by atoms with Gasteiger partial charge in [0.05, 0.1) is 0 Å². The third kappa shape index (κ3) is 14.2. The molecule has 1 aliphatic heterocycles. The molecule has 0 aromatic carbocycles. The van der Waals surface area contributed by atoms with Crippen molar-refractivity contribution < 1.29 is 9.53 Å². The predicted molar refractivity (Wildman–Crippen MR) is 127 cm³/mol. The van der Waals surface area contributed by atoms with Gasteiger partial charge in [-0.3, -0.25) is 4.99 Å². The van der Waals surface area contributed by atoms with E-state index < -0.39 is 11.7 Å². The minimum atomic E-state index is -0.474. The van der Waals surface area contributed by atoms with E-state index in [2.05, 4.69) is 37.8 Å². The first-order chi connectivity index (χ1) is 12.8. The lowest BCUT2D eigenvalue weighted by Gasteiger charge is -2.32. The number of likely N-dealkylation sites (N-methyl/N-ethyl adjacent to an activating group) is 1. The van der Waals surface area contributed by atoms with Crippen molar-refractivity contribution in [3.8, 4) is 0 Å². The van der Waals surface area contributed by atoms with Crippen LogP contribution in [0.2, 0.25) is 0 Å². The quantitative estimate of drug-likeness (QED) is 0.189. The van der Waals surface area contributed by atoms with E-state index in [0.29, 0.717) is 13.1 Å². The number of piperazine rings is 1. The van der Waals surface area contributed by atoms with Crippen LogP contribution >= 0.6 is 24.0 Å². The van der Waals surface area contributed by atoms with Crippen LogP contribution in [0.15, 0.2) is 4.99 Å². The van der Waals surface area contributed by atoms with E-state index in [0.717, 1.165) is 32.0 Å².